The van der Waals surface area contributed by atoms with Gasteiger partial charge < -0.3 is 14.8 Å². The third-order valence-corrected chi connectivity index (χ3v) is 3.84. The first-order chi connectivity index (χ1) is 9.81. The van der Waals surface area contributed by atoms with E-state index in [0.717, 1.165) is 23.4 Å². The number of para-hydroxylation sites is 1. The van der Waals surface area contributed by atoms with E-state index >= 15 is 0 Å². The van der Waals surface area contributed by atoms with E-state index in [1.165, 1.54) is 0 Å². The Hall–Kier alpha value is -1.07. The molecule has 0 aliphatic rings. The summed E-state index contributed by atoms with van der Waals surface area (Å²) in [4.78, 5) is 0. The maximum atomic E-state index is 6.23. The van der Waals surface area contributed by atoms with Crippen LogP contribution in [0.1, 0.15) is 11.1 Å². The van der Waals surface area contributed by atoms with Crippen molar-refractivity contribution in [1.29, 1.82) is 0 Å². The minimum atomic E-state index is 0.540. The maximum Gasteiger partial charge on any atom is 0.142 e. The first-order valence-corrected chi connectivity index (χ1v) is 7.74. The molecule has 3 nitrogen and oxygen atoms in total. The van der Waals surface area contributed by atoms with Crippen LogP contribution in [0.25, 0.3) is 0 Å². The molecule has 2 rings (SSSR count). The Kier molecular flexibility index (Phi) is 6.33. The summed E-state index contributed by atoms with van der Waals surface area (Å²) < 4.78 is 10.9. The summed E-state index contributed by atoms with van der Waals surface area (Å²) in [7, 11) is 1.69. The number of rotatable bonds is 8. The highest BCUT2D eigenvalue weighted by atomic mass is 35.5. The molecular formula is C15H18ClNO2S. The zero-order valence-electron chi connectivity index (χ0n) is 11.4. The molecule has 1 aromatic heterocycles. The van der Waals surface area contributed by atoms with E-state index in [1.807, 2.05) is 23.6 Å². The number of halogens is 1. The fourth-order valence-corrected chi connectivity index (χ4v) is 2.68. The van der Waals surface area contributed by atoms with Crippen LogP contribution in [0, 0.1) is 0 Å². The molecule has 0 bridgehead atoms. The Morgan fingerprint density at radius 3 is 2.95 bits per heavy atom. The third-order valence-electron chi connectivity index (χ3n) is 2.81. The molecule has 0 spiro atoms. The van der Waals surface area contributed by atoms with E-state index in [4.69, 9.17) is 21.1 Å². The molecule has 0 unspecified atom stereocenters. The number of thiophene rings is 1. The largest absolute Gasteiger partial charge is 0.487 e. The Balaban J connectivity index is 1.98. The summed E-state index contributed by atoms with van der Waals surface area (Å²) in [6.07, 6.45) is 0. The highest BCUT2D eigenvalue weighted by Crippen LogP contribution is 2.29. The molecule has 108 valence electrons. The molecule has 0 aliphatic heterocycles. The molecule has 5 heteroatoms. The van der Waals surface area contributed by atoms with Gasteiger partial charge in [0.1, 0.15) is 12.4 Å². The van der Waals surface area contributed by atoms with Crippen molar-refractivity contribution in [2.24, 2.45) is 0 Å². The number of ether oxygens (including phenoxy) is 2. The second-order valence-corrected chi connectivity index (χ2v) is 5.51. The average Bonchev–Trinajstić information content (AvgIpc) is 2.96. The van der Waals surface area contributed by atoms with Gasteiger partial charge in [0.15, 0.2) is 0 Å². The number of nitrogens with one attached hydrogen (secondary N) is 1. The third kappa shape index (κ3) is 4.49. The first kappa shape index (κ1) is 15.3. The van der Waals surface area contributed by atoms with Crippen molar-refractivity contribution in [2.45, 2.75) is 13.2 Å². The van der Waals surface area contributed by atoms with Crippen molar-refractivity contribution in [3.63, 3.8) is 0 Å². The molecule has 0 atom stereocenters. The van der Waals surface area contributed by atoms with E-state index in [2.05, 4.69) is 16.8 Å². The summed E-state index contributed by atoms with van der Waals surface area (Å²) in [6, 6.07) is 7.86. The van der Waals surface area contributed by atoms with Crippen LogP contribution in [0.4, 0.5) is 0 Å². The fraction of sp³-hybridized carbons (Fsp3) is 0.333. The molecule has 0 saturated heterocycles. The van der Waals surface area contributed by atoms with Crippen LogP contribution in [-0.2, 0) is 17.9 Å². The molecule has 1 N–H and O–H groups in total. The zero-order chi connectivity index (χ0) is 14.2. The number of hydrogen-bond acceptors (Lipinski definition) is 4. The van der Waals surface area contributed by atoms with Crippen molar-refractivity contribution in [3.05, 3.63) is 51.2 Å². The van der Waals surface area contributed by atoms with Gasteiger partial charge in [0, 0.05) is 25.8 Å². The maximum absolute atomic E-state index is 6.23. The predicted molar refractivity (Wildman–Crippen MR) is 83.7 cm³/mol. The topological polar surface area (TPSA) is 30.5 Å². The van der Waals surface area contributed by atoms with Gasteiger partial charge in [-0.3, -0.25) is 0 Å². The number of hydrogen-bond donors (Lipinski definition) is 1. The Labute approximate surface area is 128 Å². The lowest BCUT2D eigenvalue weighted by atomic mass is 10.2. The molecular weight excluding hydrogens is 294 g/mol. The van der Waals surface area contributed by atoms with Gasteiger partial charge in [-0.2, -0.15) is 11.3 Å². The van der Waals surface area contributed by atoms with Gasteiger partial charge in [0.2, 0.25) is 0 Å². The highest BCUT2D eigenvalue weighted by molar-refractivity contribution is 7.07. The minimum Gasteiger partial charge on any atom is -0.487 e. The summed E-state index contributed by atoms with van der Waals surface area (Å²) in [5.74, 6) is 0.755. The molecule has 1 aromatic carbocycles. The van der Waals surface area contributed by atoms with E-state index in [9.17, 15) is 0 Å². The first-order valence-electron chi connectivity index (χ1n) is 6.42. The van der Waals surface area contributed by atoms with Crippen molar-refractivity contribution >= 4 is 22.9 Å². The zero-order valence-corrected chi connectivity index (χ0v) is 13.0. The lowest BCUT2D eigenvalue weighted by Gasteiger charge is -2.13. The van der Waals surface area contributed by atoms with Gasteiger partial charge in [-0.15, -0.1) is 0 Å². The van der Waals surface area contributed by atoms with E-state index < -0.39 is 0 Å². The normalized spacial score (nSPS) is 10.7. The molecule has 0 radical (unpaired) electrons. The van der Waals surface area contributed by atoms with Crippen molar-refractivity contribution in [2.75, 3.05) is 20.3 Å². The van der Waals surface area contributed by atoms with Crippen LogP contribution in [0.15, 0.2) is 35.0 Å². The second kappa shape index (κ2) is 8.27. The number of methoxy groups -OCH3 is 1. The van der Waals surface area contributed by atoms with E-state index in [1.54, 1.807) is 18.4 Å². The quantitative estimate of drug-likeness (QED) is 0.754. The lowest BCUT2D eigenvalue weighted by Crippen LogP contribution is -2.19. The molecule has 1 heterocycles. The Morgan fingerprint density at radius 1 is 1.30 bits per heavy atom. The van der Waals surface area contributed by atoms with Crippen LogP contribution >= 0.6 is 22.9 Å². The summed E-state index contributed by atoms with van der Waals surface area (Å²) in [5, 5.41) is 8.06. The van der Waals surface area contributed by atoms with Crippen molar-refractivity contribution in [1.82, 2.24) is 5.32 Å². The SMILES string of the molecule is COCCNCc1cccc(Cl)c1OCc1ccsc1. The van der Waals surface area contributed by atoms with Crippen LogP contribution in [0.2, 0.25) is 5.02 Å². The number of benzene rings is 1. The lowest BCUT2D eigenvalue weighted by molar-refractivity contribution is 0.199. The highest BCUT2D eigenvalue weighted by Gasteiger charge is 2.08. The monoisotopic (exact) mass is 311 g/mol. The fourth-order valence-electron chi connectivity index (χ4n) is 1.78. The van der Waals surface area contributed by atoms with E-state index in [0.29, 0.717) is 24.8 Å². The van der Waals surface area contributed by atoms with Crippen molar-refractivity contribution in [3.8, 4) is 5.75 Å². The Morgan fingerprint density at radius 2 is 2.20 bits per heavy atom. The van der Waals surface area contributed by atoms with Crippen LogP contribution in [0.5, 0.6) is 5.75 Å². The van der Waals surface area contributed by atoms with E-state index in [-0.39, 0.29) is 0 Å². The standard InChI is InChI=1S/C15H18ClNO2S/c1-18-7-6-17-9-13-3-2-4-14(16)15(13)19-10-12-5-8-20-11-12/h2-5,8,11,17H,6-7,9-10H2,1H3. The molecule has 0 aliphatic carbocycles. The Bertz CT molecular complexity index is 517. The smallest absolute Gasteiger partial charge is 0.142 e. The van der Waals surface area contributed by atoms with Gasteiger partial charge in [0.05, 0.1) is 11.6 Å². The van der Waals surface area contributed by atoms with Crippen LogP contribution in [-0.4, -0.2) is 20.3 Å². The molecule has 0 saturated carbocycles. The second-order valence-electron chi connectivity index (χ2n) is 4.32. The summed E-state index contributed by atoms with van der Waals surface area (Å²) in [5.41, 5.74) is 2.22. The van der Waals surface area contributed by atoms with Gasteiger partial charge in [-0.1, -0.05) is 23.7 Å². The average molecular weight is 312 g/mol. The van der Waals surface area contributed by atoms with Crippen LogP contribution in [0.3, 0.4) is 0 Å². The van der Waals surface area contributed by atoms with Gasteiger partial charge in [-0.05, 0) is 28.5 Å². The molecule has 0 amide bonds. The summed E-state index contributed by atoms with van der Waals surface area (Å²) in [6.45, 7) is 2.74. The van der Waals surface area contributed by atoms with Crippen molar-refractivity contribution < 1.29 is 9.47 Å². The molecule has 2 aromatic rings. The van der Waals surface area contributed by atoms with Gasteiger partial charge in [0.25, 0.3) is 0 Å². The molecule has 0 fully saturated rings. The van der Waals surface area contributed by atoms with Gasteiger partial charge >= 0.3 is 0 Å². The molecule has 20 heavy (non-hydrogen) atoms. The predicted octanol–water partition coefficient (Wildman–Crippen LogP) is 3.72. The minimum absolute atomic E-state index is 0.540. The van der Waals surface area contributed by atoms with Gasteiger partial charge in [-0.25, -0.2) is 0 Å². The van der Waals surface area contributed by atoms with Crippen LogP contribution < -0.4 is 10.1 Å². The summed E-state index contributed by atoms with van der Waals surface area (Å²) >= 11 is 7.90.